The lowest BCUT2D eigenvalue weighted by Gasteiger charge is -2.32. The van der Waals surface area contributed by atoms with Gasteiger partial charge in [0.15, 0.2) is 0 Å². The average molecular weight is 377 g/mol. The van der Waals surface area contributed by atoms with Crippen LogP contribution < -0.4 is 11.3 Å². The van der Waals surface area contributed by atoms with Gasteiger partial charge < -0.3 is 15.2 Å². The molecule has 1 saturated heterocycles. The van der Waals surface area contributed by atoms with Gasteiger partial charge in [0, 0.05) is 12.6 Å². The number of hydrogen-bond donors (Lipinski definition) is 1. The van der Waals surface area contributed by atoms with Crippen molar-refractivity contribution in [1.82, 2.24) is 19.4 Å². The van der Waals surface area contributed by atoms with E-state index in [2.05, 4.69) is 46.9 Å². The number of rotatable bonds is 3. The maximum absolute atomic E-state index is 12.3. The third-order valence-corrected chi connectivity index (χ3v) is 5.97. The van der Waals surface area contributed by atoms with Gasteiger partial charge in [0.1, 0.15) is 11.2 Å². The van der Waals surface area contributed by atoms with Crippen molar-refractivity contribution in [3.63, 3.8) is 0 Å². The summed E-state index contributed by atoms with van der Waals surface area (Å²) in [5, 5.41) is 0.379. The summed E-state index contributed by atoms with van der Waals surface area (Å²) in [5.74, 6) is 0.853. The van der Waals surface area contributed by atoms with E-state index in [0.717, 1.165) is 17.8 Å². The standard InChI is InChI=1S/C22H27N5O/c1-4-27-9-7-15(8-10-27)17-6-5-16(11-14(17)2)18-12-19-20(21(23)25-18)22(28)26(3)13-24-19/h5-6,11-13,15H,4,7-10H2,1-3H3,(H2,23,25). The van der Waals surface area contributed by atoms with Crippen LogP contribution >= 0.6 is 0 Å². The van der Waals surface area contributed by atoms with Crippen LogP contribution in [-0.4, -0.2) is 39.1 Å². The molecule has 4 rings (SSSR count). The SMILES string of the molecule is CCN1CCC(c2ccc(-c3cc4ncn(C)c(=O)c4c(N)n3)cc2C)CC1. The summed E-state index contributed by atoms with van der Waals surface area (Å²) >= 11 is 0. The monoisotopic (exact) mass is 377 g/mol. The maximum Gasteiger partial charge on any atom is 0.264 e. The fourth-order valence-electron chi connectivity index (χ4n) is 4.25. The molecule has 0 atom stereocenters. The number of pyridine rings is 1. The van der Waals surface area contributed by atoms with Crippen LogP contribution in [0.25, 0.3) is 22.2 Å². The molecule has 0 aliphatic carbocycles. The molecule has 2 N–H and O–H groups in total. The Bertz CT molecular complexity index is 1080. The molecule has 0 amide bonds. The van der Waals surface area contributed by atoms with Gasteiger partial charge in [-0.2, -0.15) is 0 Å². The highest BCUT2D eigenvalue weighted by Crippen LogP contribution is 2.33. The second-order valence-electron chi connectivity index (χ2n) is 7.73. The van der Waals surface area contributed by atoms with E-state index >= 15 is 0 Å². The summed E-state index contributed by atoms with van der Waals surface area (Å²) in [4.78, 5) is 23.7. The Morgan fingerprint density at radius 1 is 1.21 bits per heavy atom. The highest BCUT2D eigenvalue weighted by molar-refractivity contribution is 5.90. The largest absolute Gasteiger partial charge is 0.383 e. The first kappa shape index (κ1) is 18.6. The molecule has 0 radical (unpaired) electrons. The lowest BCUT2D eigenvalue weighted by atomic mass is 9.86. The van der Waals surface area contributed by atoms with Gasteiger partial charge in [-0.3, -0.25) is 4.79 Å². The van der Waals surface area contributed by atoms with Gasteiger partial charge in [-0.05, 0) is 68.6 Å². The van der Waals surface area contributed by atoms with E-state index in [9.17, 15) is 4.79 Å². The van der Waals surface area contributed by atoms with Crippen LogP contribution in [0.1, 0.15) is 36.8 Å². The Labute approximate surface area is 165 Å². The summed E-state index contributed by atoms with van der Waals surface area (Å²) in [6.07, 6.45) is 3.94. The average Bonchev–Trinajstić information content (AvgIpc) is 2.70. The van der Waals surface area contributed by atoms with Crippen LogP contribution in [0.3, 0.4) is 0 Å². The van der Waals surface area contributed by atoms with E-state index in [1.807, 2.05) is 6.07 Å². The molecule has 28 heavy (non-hydrogen) atoms. The molecule has 0 saturated carbocycles. The van der Waals surface area contributed by atoms with Crippen LogP contribution in [0.2, 0.25) is 0 Å². The lowest BCUT2D eigenvalue weighted by Crippen LogP contribution is -2.32. The Hall–Kier alpha value is -2.73. The van der Waals surface area contributed by atoms with Crippen molar-refractivity contribution in [2.75, 3.05) is 25.4 Å². The molecule has 1 fully saturated rings. The number of fused-ring (bicyclic) bond motifs is 1. The van der Waals surface area contributed by atoms with Crippen LogP contribution in [0.4, 0.5) is 5.82 Å². The van der Waals surface area contributed by atoms with E-state index in [0.29, 0.717) is 16.8 Å². The molecule has 3 aromatic rings. The zero-order valence-corrected chi connectivity index (χ0v) is 16.8. The number of anilines is 1. The van der Waals surface area contributed by atoms with Crippen molar-refractivity contribution < 1.29 is 0 Å². The van der Waals surface area contributed by atoms with Crippen molar-refractivity contribution in [1.29, 1.82) is 0 Å². The van der Waals surface area contributed by atoms with Gasteiger partial charge in [0.2, 0.25) is 0 Å². The number of nitrogens with zero attached hydrogens (tertiary/aromatic N) is 4. The van der Waals surface area contributed by atoms with Crippen molar-refractivity contribution >= 4 is 16.7 Å². The fourth-order valence-corrected chi connectivity index (χ4v) is 4.25. The first-order valence-electron chi connectivity index (χ1n) is 9.93. The summed E-state index contributed by atoms with van der Waals surface area (Å²) in [5.41, 5.74) is 11.0. The molecule has 0 unspecified atom stereocenters. The molecule has 1 aliphatic rings. The van der Waals surface area contributed by atoms with Crippen LogP contribution in [-0.2, 0) is 7.05 Å². The summed E-state index contributed by atoms with van der Waals surface area (Å²) < 4.78 is 1.42. The van der Waals surface area contributed by atoms with E-state index in [1.54, 1.807) is 7.05 Å². The molecular weight excluding hydrogens is 350 g/mol. The minimum atomic E-state index is -0.175. The van der Waals surface area contributed by atoms with E-state index in [4.69, 9.17) is 5.73 Å². The van der Waals surface area contributed by atoms with E-state index < -0.39 is 0 Å². The van der Waals surface area contributed by atoms with Crippen LogP contribution in [0.5, 0.6) is 0 Å². The predicted molar refractivity (Wildman–Crippen MR) is 113 cm³/mol. The Morgan fingerprint density at radius 2 is 1.96 bits per heavy atom. The Balaban J connectivity index is 1.68. The molecule has 6 nitrogen and oxygen atoms in total. The van der Waals surface area contributed by atoms with Gasteiger partial charge in [-0.25, -0.2) is 9.97 Å². The number of likely N-dealkylation sites (tertiary alicyclic amines) is 1. The first-order chi connectivity index (χ1) is 13.5. The number of nitrogens with two attached hydrogens (primary N) is 1. The van der Waals surface area contributed by atoms with Gasteiger partial charge in [0.25, 0.3) is 5.56 Å². The predicted octanol–water partition coefficient (Wildman–Crippen LogP) is 3.09. The summed E-state index contributed by atoms with van der Waals surface area (Å²) in [6, 6.07) is 8.37. The van der Waals surface area contributed by atoms with Crippen molar-refractivity contribution in [2.45, 2.75) is 32.6 Å². The highest BCUT2D eigenvalue weighted by Gasteiger charge is 2.21. The van der Waals surface area contributed by atoms with Crippen LogP contribution in [0.15, 0.2) is 35.4 Å². The van der Waals surface area contributed by atoms with Gasteiger partial charge in [-0.1, -0.05) is 19.1 Å². The zero-order valence-electron chi connectivity index (χ0n) is 16.8. The molecule has 146 valence electrons. The molecule has 1 aromatic carbocycles. The van der Waals surface area contributed by atoms with Crippen molar-refractivity contribution in [3.05, 3.63) is 52.1 Å². The summed E-state index contributed by atoms with van der Waals surface area (Å²) in [6.45, 7) is 7.88. The van der Waals surface area contributed by atoms with Gasteiger partial charge >= 0.3 is 0 Å². The molecule has 3 heterocycles. The molecule has 1 aliphatic heterocycles. The number of hydrogen-bond acceptors (Lipinski definition) is 5. The maximum atomic E-state index is 12.3. The lowest BCUT2D eigenvalue weighted by molar-refractivity contribution is 0.222. The smallest absolute Gasteiger partial charge is 0.264 e. The quantitative estimate of drug-likeness (QED) is 0.759. The summed E-state index contributed by atoms with van der Waals surface area (Å²) in [7, 11) is 1.66. The third kappa shape index (κ3) is 3.29. The number of aromatic nitrogens is 3. The normalized spacial score (nSPS) is 16.0. The molecule has 6 heteroatoms. The van der Waals surface area contributed by atoms with E-state index in [1.165, 1.54) is 48.0 Å². The fraction of sp³-hybridized carbons (Fsp3) is 0.409. The van der Waals surface area contributed by atoms with Gasteiger partial charge in [0.05, 0.1) is 17.5 Å². The second-order valence-corrected chi connectivity index (χ2v) is 7.73. The topological polar surface area (TPSA) is 77.0 Å². The second kappa shape index (κ2) is 7.36. The first-order valence-corrected chi connectivity index (χ1v) is 9.93. The van der Waals surface area contributed by atoms with Crippen LogP contribution in [0, 0.1) is 6.92 Å². The minimum absolute atomic E-state index is 0.175. The number of piperidine rings is 1. The van der Waals surface area contributed by atoms with E-state index in [-0.39, 0.29) is 11.4 Å². The molecule has 2 aromatic heterocycles. The van der Waals surface area contributed by atoms with Crippen molar-refractivity contribution in [3.8, 4) is 11.3 Å². The zero-order chi connectivity index (χ0) is 19.8. The molecule has 0 bridgehead atoms. The Morgan fingerprint density at radius 3 is 2.64 bits per heavy atom. The molecular formula is C22H27N5O. The third-order valence-electron chi connectivity index (χ3n) is 5.97. The minimum Gasteiger partial charge on any atom is -0.383 e. The highest BCUT2D eigenvalue weighted by atomic mass is 16.1. The Kier molecular flexibility index (Phi) is 4.89. The number of benzene rings is 1. The molecule has 0 spiro atoms. The van der Waals surface area contributed by atoms with Crippen molar-refractivity contribution in [2.24, 2.45) is 7.05 Å². The van der Waals surface area contributed by atoms with Gasteiger partial charge in [-0.15, -0.1) is 0 Å². The number of nitrogen functional groups attached to an aromatic ring is 1. The number of aryl methyl sites for hydroxylation is 2.